The van der Waals surface area contributed by atoms with Crippen LogP contribution in [-0.2, 0) is 11.3 Å². The second-order valence-corrected chi connectivity index (χ2v) is 6.69. The number of hydrogen-bond donors (Lipinski definition) is 1. The quantitative estimate of drug-likeness (QED) is 0.889. The minimum atomic E-state index is -0.396. The van der Waals surface area contributed by atoms with Crippen molar-refractivity contribution >= 4 is 16.7 Å². The lowest BCUT2D eigenvalue weighted by Crippen LogP contribution is -2.51. The highest BCUT2D eigenvalue weighted by molar-refractivity contribution is 6.04. The van der Waals surface area contributed by atoms with Crippen LogP contribution in [0.2, 0.25) is 0 Å². The number of benzene rings is 1. The van der Waals surface area contributed by atoms with E-state index in [0.29, 0.717) is 37.1 Å². The Kier molecular flexibility index (Phi) is 5.15. The van der Waals surface area contributed by atoms with E-state index in [0.717, 1.165) is 0 Å². The molecule has 1 aromatic heterocycles. The van der Waals surface area contributed by atoms with E-state index in [1.807, 2.05) is 13.8 Å². The summed E-state index contributed by atoms with van der Waals surface area (Å²) in [5.41, 5.74) is 0.0535. The predicted molar refractivity (Wildman–Crippen MR) is 93.6 cm³/mol. The van der Waals surface area contributed by atoms with Crippen molar-refractivity contribution in [1.82, 2.24) is 14.7 Å². The third kappa shape index (κ3) is 3.43. The average molecular weight is 345 g/mol. The number of aliphatic hydroxyl groups is 1. The molecule has 1 fully saturated rings. The Hall–Kier alpha value is -2.25. The molecule has 0 radical (unpaired) electrons. The lowest BCUT2D eigenvalue weighted by molar-refractivity contribution is -0.0186. The molecule has 2 aromatic rings. The molecule has 1 saturated heterocycles. The second kappa shape index (κ2) is 7.33. The fourth-order valence-electron chi connectivity index (χ4n) is 3.07. The normalized spacial score (nSPS) is 18.1. The molecule has 0 bridgehead atoms. The molecule has 2 heterocycles. The first-order valence-corrected chi connectivity index (χ1v) is 8.52. The second-order valence-electron chi connectivity index (χ2n) is 6.69. The molecule has 0 spiro atoms. The molecular weight excluding hydrogens is 322 g/mol. The Morgan fingerprint density at radius 1 is 1.36 bits per heavy atom. The molecule has 1 aliphatic rings. The van der Waals surface area contributed by atoms with E-state index in [1.54, 1.807) is 29.2 Å². The molecule has 0 saturated carbocycles. The number of ether oxygens (including phenoxy) is 1. The zero-order valence-electron chi connectivity index (χ0n) is 14.5. The van der Waals surface area contributed by atoms with Crippen LogP contribution in [0.25, 0.3) is 10.8 Å². The van der Waals surface area contributed by atoms with E-state index in [-0.39, 0.29) is 29.7 Å². The molecule has 7 nitrogen and oxygen atoms in total. The number of morpholine rings is 1. The van der Waals surface area contributed by atoms with Crippen LogP contribution in [0.4, 0.5) is 0 Å². The van der Waals surface area contributed by atoms with Gasteiger partial charge >= 0.3 is 0 Å². The number of carbonyl (C=O) groups is 1. The van der Waals surface area contributed by atoms with Crippen molar-refractivity contribution in [2.45, 2.75) is 26.4 Å². The van der Waals surface area contributed by atoms with Crippen molar-refractivity contribution in [2.24, 2.45) is 5.92 Å². The largest absolute Gasteiger partial charge is 0.394 e. The lowest BCUT2D eigenvalue weighted by atomic mass is 10.1. The maximum Gasteiger partial charge on any atom is 0.275 e. The number of hydrogen-bond acceptors (Lipinski definition) is 5. The van der Waals surface area contributed by atoms with Crippen LogP contribution >= 0.6 is 0 Å². The molecule has 0 aliphatic carbocycles. The van der Waals surface area contributed by atoms with Crippen LogP contribution in [0.15, 0.2) is 29.1 Å². The average Bonchev–Trinajstić information content (AvgIpc) is 2.63. The molecule has 1 aromatic carbocycles. The molecule has 1 N–H and O–H groups in total. The lowest BCUT2D eigenvalue weighted by Gasteiger charge is -2.34. The number of nitrogens with zero attached hydrogens (tertiary/aromatic N) is 3. The van der Waals surface area contributed by atoms with Crippen LogP contribution in [0.1, 0.15) is 24.3 Å². The zero-order valence-corrected chi connectivity index (χ0v) is 14.5. The van der Waals surface area contributed by atoms with Crippen LogP contribution in [-0.4, -0.2) is 58.1 Å². The third-order valence-corrected chi connectivity index (χ3v) is 4.31. The van der Waals surface area contributed by atoms with Gasteiger partial charge in [0.25, 0.3) is 11.5 Å². The summed E-state index contributed by atoms with van der Waals surface area (Å²) in [7, 11) is 0. The summed E-state index contributed by atoms with van der Waals surface area (Å²) in [5.74, 6) is -0.0565. The van der Waals surface area contributed by atoms with Crippen molar-refractivity contribution in [2.75, 3.05) is 26.4 Å². The minimum absolute atomic E-state index is 0.171. The van der Waals surface area contributed by atoms with Crippen LogP contribution in [0.5, 0.6) is 0 Å². The van der Waals surface area contributed by atoms with Gasteiger partial charge < -0.3 is 14.7 Å². The highest BCUT2D eigenvalue weighted by atomic mass is 16.5. The predicted octanol–water partition coefficient (Wildman–Crippen LogP) is 0.886. The number of aliphatic hydroxyl groups excluding tert-OH is 1. The fraction of sp³-hybridized carbons (Fsp3) is 0.500. The standard InChI is InChI=1S/C18H23N3O4/c1-12(2)9-21-17(23)15-6-4-3-5-14(15)16(19-21)18(24)20-7-8-25-11-13(20)10-22/h3-6,12-13,22H,7-11H2,1-2H3/t13-/m1/s1. The van der Waals surface area contributed by atoms with Gasteiger partial charge in [-0.1, -0.05) is 32.0 Å². The minimum Gasteiger partial charge on any atom is -0.394 e. The van der Waals surface area contributed by atoms with E-state index >= 15 is 0 Å². The van der Waals surface area contributed by atoms with Gasteiger partial charge in [0.1, 0.15) is 0 Å². The molecular formula is C18H23N3O4. The van der Waals surface area contributed by atoms with Gasteiger partial charge in [-0.3, -0.25) is 9.59 Å². The summed E-state index contributed by atoms with van der Waals surface area (Å²) in [6.45, 7) is 5.37. The van der Waals surface area contributed by atoms with Gasteiger partial charge in [-0.05, 0) is 12.0 Å². The number of fused-ring (bicyclic) bond motifs is 1. The Balaban J connectivity index is 2.12. The molecule has 134 valence electrons. The van der Waals surface area contributed by atoms with Gasteiger partial charge in [0.05, 0.1) is 31.2 Å². The van der Waals surface area contributed by atoms with E-state index in [9.17, 15) is 14.7 Å². The summed E-state index contributed by atoms with van der Waals surface area (Å²) >= 11 is 0. The summed E-state index contributed by atoms with van der Waals surface area (Å²) in [4.78, 5) is 27.4. The number of rotatable bonds is 4. The molecule has 25 heavy (non-hydrogen) atoms. The first-order chi connectivity index (χ1) is 12.0. The maximum absolute atomic E-state index is 13.1. The van der Waals surface area contributed by atoms with Crippen LogP contribution in [0.3, 0.4) is 0 Å². The number of aromatic nitrogens is 2. The van der Waals surface area contributed by atoms with Crippen LogP contribution < -0.4 is 5.56 Å². The molecule has 0 unspecified atom stereocenters. The number of amides is 1. The van der Waals surface area contributed by atoms with Crippen molar-refractivity contribution < 1.29 is 14.6 Å². The Bertz CT molecular complexity index is 831. The molecule has 7 heteroatoms. The first-order valence-electron chi connectivity index (χ1n) is 8.52. The summed E-state index contributed by atoms with van der Waals surface area (Å²) in [5, 5.41) is 14.9. The van der Waals surface area contributed by atoms with Gasteiger partial charge in [0.2, 0.25) is 0 Å². The molecule has 1 amide bonds. The summed E-state index contributed by atoms with van der Waals surface area (Å²) in [6.07, 6.45) is 0. The van der Waals surface area contributed by atoms with Crippen molar-refractivity contribution in [1.29, 1.82) is 0 Å². The maximum atomic E-state index is 13.1. The first kappa shape index (κ1) is 17.6. The SMILES string of the molecule is CC(C)Cn1nc(C(=O)N2CCOC[C@H]2CO)c2ccccc2c1=O. The monoisotopic (exact) mass is 345 g/mol. The molecule has 1 aliphatic heterocycles. The van der Waals surface area contributed by atoms with Gasteiger partial charge in [0, 0.05) is 18.5 Å². The van der Waals surface area contributed by atoms with Gasteiger partial charge in [0.15, 0.2) is 5.69 Å². The Morgan fingerprint density at radius 3 is 2.76 bits per heavy atom. The van der Waals surface area contributed by atoms with E-state index in [2.05, 4.69) is 5.10 Å². The van der Waals surface area contributed by atoms with Gasteiger partial charge in [-0.15, -0.1) is 0 Å². The highest BCUT2D eigenvalue weighted by Crippen LogP contribution is 2.18. The van der Waals surface area contributed by atoms with Crippen LogP contribution in [0, 0.1) is 5.92 Å². The summed E-state index contributed by atoms with van der Waals surface area (Å²) in [6, 6.07) is 6.63. The Morgan fingerprint density at radius 2 is 2.08 bits per heavy atom. The van der Waals surface area contributed by atoms with Gasteiger partial charge in [-0.2, -0.15) is 5.10 Å². The van der Waals surface area contributed by atoms with Crippen molar-refractivity contribution in [3.05, 3.63) is 40.3 Å². The summed E-state index contributed by atoms with van der Waals surface area (Å²) < 4.78 is 6.71. The fourth-order valence-corrected chi connectivity index (χ4v) is 3.07. The number of carbonyl (C=O) groups excluding carboxylic acids is 1. The Labute approximate surface area is 145 Å². The van der Waals surface area contributed by atoms with Gasteiger partial charge in [-0.25, -0.2) is 4.68 Å². The highest BCUT2D eigenvalue weighted by Gasteiger charge is 2.30. The smallest absolute Gasteiger partial charge is 0.275 e. The molecule has 3 rings (SSSR count). The zero-order chi connectivity index (χ0) is 18.0. The van der Waals surface area contributed by atoms with E-state index < -0.39 is 6.04 Å². The van der Waals surface area contributed by atoms with E-state index in [4.69, 9.17) is 4.74 Å². The van der Waals surface area contributed by atoms with Crippen molar-refractivity contribution in [3.8, 4) is 0 Å². The molecule has 1 atom stereocenters. The third-order valence-electron chi connectivity index (χ3n) is 4.31. The topological polar surface area (TPSA) is 84.7 Å². The van der Waals surface area contributed by atoms with E-state index in [1.165, 1.54) is 4.68 Å². The van der Waals surface area contributed by atoms with Crippen molar-refractivity contribution in [3.63, 3.8) is 0 Å².